The molecule has 0 spiro atoms. The lowest BCUT2D eigenvalue weighted by Gasteiger charge is -2.26. The van der Waals surface area contributed by atoms with Crippen LogP contribution in [0, 0.1) is 0 Å². The van der Waals surface area contributed by atoms with Gasteiger partial charge in [0, 0.05) is 18.2 Å². The van der Waals surface area contributed by atoms with Crippen molar-refractivity contribution in [1.29, 1.82) is 0 Å². The van der Waals surface area contributed by atoms with Gasteiger partial charge in [0.2, 0.25) is 0 Å². The minimum Gasteiger partial charge on any atom is -0.395 e. The molecule has 0 aromatic heterocycles. The summed E-state index contributed by atoms with van der Waals surface area (Å²) in [5.41, 5.74) is 1.97. The van der Waals surface area contributed by atoms with E-state index in [4.69, 9.17) is 5.11 Å². The molecule has 106 valence electrons. The molecule has 0 saturated heterocycles. The van der Waals surface area contributed by atoms with E-state index in [0.717, 1.165) is 6.42 Å². The molecular weight excluding hydrogens is 238 g/mol. The van der Waals surface area contributed by atoms with Gasteiger partial charge < -0.3 is 10.0 Å². The fraction of sp³-hybridized carbons (Fsp3) is 0.562. The van der Waals surface area contributed by atoms with E-state index in [1.54, 1.807) is 4.90 Å². The maximum Gasteiger partial charge on any atom is 0.254 e. The van der Waals surface area contributed by atoms with Crippen LogP contribution in [0.2, 0.25) is 0 Å². The van der Waals surface area contributed by atoms with Crippen LogP contribution in [0.1, 0.15) is 49.5 Å². The van der Waals surface area contributed by atoms with Crippen LogP contribution in [0.15, 0.2) is 24.3 Å². The van der Waals surface area contributed by atoms with Gasteiger partial charge in [0.15, 0.2) is 0 Å². The molecule has 0 atom stereocenters. The highest BCUT2D eigenvalue weighted by molar-refractivity contribution is 5.94. The van der Waals surface area contributed by atoms with Gasteiger partial charge in [-0.15, -0.1) is 0 Å². The van der Waals surface area contributed by atoms with Crippen molar-refractivity contribution in [2.75, 3.05) is 13.2 Å². The zero-order valence-corrected chi connectivity index (χ0v) is 12.2. The Kier molecular flexibility index (Phi) is 6.57. The molecule has 0 radical (unpaired) electrons. The van der Waals surface area contributed by atoms with E-state index in [0.29, 0.717) is 12.1 Å². The van der Waals surface area contributed by atoms with Gasteiger partial charge in [-0.2, -0.15) is 0 Å². The van der Waals surface area contributed by atoms with Crippen LogP contribution in [0.25, 0.3) is 0 Å². The summed E-state index contributed by atoms with van der Waals surface area (Å²) >= 11 is 0. The molecule has 0 aliphatic carbocycles. The molecule has 3 heteroatoms. The summed E-state index contributed by atoms with van der Waals surface area (Å²) in [6, 6.07) is 7.93. The monoisotopic (exact) mass is 263 g/mol. The van der Waals surface area contributed by atoms with Gasteiger partial charge in [-0.05, 0) is 44.4 Å². The van der Waals surface area contributed by atoms with E-state index < -0.39 is 0 Å². The van der Waals surface area contributed by atoms with E-state index in [2.05, 4.69) is 6.92 Å². The number of unbranched alkanes of at least 4 members (excludes halogenated alkanes) is 1. The molecule has 19 heavy (non-hydrogen) atoms. The van der Waals surface area contributed by atoms with E-state index in [1.807, 2.05) is 38.1 Å². The summed E-state index contributed by atoms with van der Waals surface area (Å²) in [5, 5.41) is 9.03. The first-order chi connectivity index (χ1) is 9.10. The molecule has 0 aliphatic heterocycles. The number of nitrogens with zero attached hydrogens (tertiary/aromatic N) is 1. The number of aryl methyl sites for hydroxylation is 1. The second-order valence-corrected chi connectivity index (χ2v) is 5.12. The van der Waals surface area contributed by atoms with Crippen LogP contribution in [0.3, 0.4) is 0 Å². The Labute approximate surface area is 116 Å². The van der Waals surface area contributed by atoms with Gasteiger partial charge in [0.25, 0.3) is 5.91 Å². The van der Waals surface area contributed by atoms with Crippen molar-refractivity contribution in [2.45, 2.75) is 46.1 Å². The third-order valence-corrected chi connectivity index (χ3v) is 3.25. The zero-order chi connectivity index (χ0) is 14.3. The number of hydrogen-bond donors (Lipinski definition) is 1. The molecule has 0 aliphatic rings. The third kappa shape index (κ3) is 4.67. The normalized spacial score (nSPS) is 10.8. The van der Waals surface area contributed by atoms with Gasteiger partial charge >= 0.3 is 0 Å². The minimum absolute atomic E-state index is 0.00148. The highest BCUT2D eigenvalue weighted by Gasteiger charge is 2.17. The molecule has 0 saturated carbocycles. The maximum absolute atomic E-state index is 12.3. The number of carbonyl (C=O) groups excluding carboxylic acids is 1. The topological polar surface area (TPSA) is 40.5 Å². The number of benzene rings is 1. The van der Waals surface area contributed by atoms with Crippen LogP contribution in [-0.2, 0) is 6.42 Å². The second kappa shape index (κ2) is 7.95. The van der Waals surface area contributed by atoms with Crippen molar-refractivity contribution in [2.24, 2.45) is 0 Å². The standard InChI is InChI=1S/C16H25NO2/c1-4-5-6-14-7-9-15(10-8-14)16(19)17(11-12-18)13(2)3/h7-10,13,18H,4-6,11-12H2,1-3H3. The maximum atomic E-state index is 12.3. The molecule has 0 fully saturated rings. The Hall–Kier alpha value is -1.35. The average Bonchev–Trinajstić information content (AvgIpc) is 2.42. The van der Waals surface area contributed by atoms with Gasteiger partial charge in [0.1, 0.15) is 0 Å². The van der Waals surface area contributed by atoms with Gasteiger partial charge in [-0.25, -0.2) is 0 Å². The van der Waals surface area contributed by atoms with Crippen molar-refractivity contribution in [1.82, 2.24) is 4.90 Å². The summed E-state index contributed by atoms with van der Waals surface area (Å²) in [6.07, 6.45) is 3.42. The SMILES string of the molecule is CCCCc1ccc(C(=O)N(CCO)C(C)C)cc1. The highest BCUT2D eigenvalue weighted by atomic mass is 16.3. The zero-order valence-electron chi connectivity index (χ0n) is 12.2. The Morgan fingerprint density at radius 2 is 1.89 bits per heavy atom. The first-order valence-corrected chi connectivity index (χ1v) is 7.11. The summed E-state index contributed by atoms with van der Waals surface area (Å²) in [6.45, 7) is 6.48. The molecule has 3 nitrogen and oxygen atoms in total. The summed E-state index contributed by atoms with van der Waals surface area (Å²) in [4.78, 5) is 14.0. The molecule has 0 bridgehead atoms. The van der Waals surface area contributed by atoms with Crippen LogP contribution in [0.5, 0.6) is 0 Å². The lowest BCUT2D eigenvalue weighted by molar-refractivity contribution is 0.0665. The van der Waals surface area contributed by atoms with Gasteiger partial charge in [-0.3, -0.25) is 4.79 Å². The minimum atomic E-state index is -0.00825. The number of aliphatic hydroxyl groups is 1. The van der Waals surface area contributed by atoms with Crippen LogP contribution >= 0.6 is 0 Å². The summed E-state index contributed by atoms with van der Waals surface area (Å²) < 4.78 is 0. The first kappa shape index (κ1) is 15.7. The molecule has 0 heterocycles. The number of rotatable bonds is 7. The summed E-state index contributed by atoms with van der Waals surface area (Å²) in [5.74, 6) is -0.00825. The second-order valence-electron chi connectivity index (χ2n) is 5.12. The summed E-state index contributed by atoms with van der Waals surface area (Å²) in [7, 11) is 0. The lowest BCUT2D eigenvalue weighted by atomic mass is 10.1. The van der Waals surface area contributed by atoms with Crippen molar-refractivity contribution in [3.63, 3.8) is 0 Å². The van der Waals surface area contributed by atoms with E-state index >= 15 is 0 Å². The largest absolute Gasteiger partial charge is 0.395 e. The molecule has 1 aromatic carbocycles. The lowest BCUT2D eigenvalue weighted by Crippen LogP contribution is -2.38. The number of amides is 1. The molecular formula is C16H25NO2. The van der Waals surface area contributed by atoms with Crippen molar-refractivity contribution < 1.29 is 9.90 Å². The van der Waals surface area contributed by atoms with E-state index in [9.17, 15) is 4.79 Å². The first-order valence-electron chi connectivity index (χ1n) is 7.11. The molecule has 1 amide bonds. The van der Waals surface area contributed by atoms with Crippen LogP contribution in [-0.4, -0.2) is 35.1 Å². The Morgan fingerprint density at radius 1 is 1.26 bits per heavy atom. The van der Waals surface area contributed by atoms with Gasteiger partial charge in [0.05, 0.1) is 6.61 Å². The van der Waals surface area contributed by atoms with Crippen LogP contribution in [0.4, 0.5) is 0 Å². The predicted octanol–water partition coefficient (Wildman–Crippen LogP) is 2.87. The smallest absolute Gasteiger partial charge is 0.254 e. The Morgan fingerprint density at radius 3 is 2.37 bits per heavy atom. The number of hydrogen-bond acceptors (Lipinski definition) is 2. The average molecular weight is 263 g/mol. The highest BCUT2D eigenvalue weighted by Crippen LogP contribution is 2.11. The fourth-order valence-electron chi connectivity index (χ4n) is 2.06. The Bertz CT molecular complexity index is 384. The van der Waals surface area contributed by atoms with Gasteiger partial charge in [-0.1, -0.05) is 25.5 Å². The quantitative estimate of drug-likeness (QED) is 0.821. The molecule has 0 unspecified atom stereocenters. The molecule has 1 rings (SSSR count). The van der Waals surface area contributed by atoms with E-state index in [-0.39, 0.29) is 18.6 Å². The van der Waals surface area contributed by atoms with Crippen molar-refractivity contribution >= 4 is 5.91 Å². The fourth-order valence-corrected chi connectivity index (χ4v) is 2.06. The van der Waals surface area contributed by atoms with Crippen molar-refractivity contribution in [3.8, 4) is 0 Å². The molecule has 1 N–H and O–H groups in total. The van der Waals surface area contributed by atoms with E-state index in [1.165, 1.54) is 18.4 Å². The number of carbonyl (C=O) groups is 1. The Balaban J connectivity index is 2.75. The third-order valence-electron chi connectivity index (χ3n) is 3.25. The molecule has 1 aromatic rings. The predicted molar refractivity (Wildman–Crippen MR) is 78.3 cm³/mol. The number of aliphatic hydroxyl groups excluding tert-OH is 1. The van der Waals surface area contributed by atoms with Crippen molar-refractivity contribution in [3.05, 3.63) is 35.4 Å². The van der Waals surface area contributed by atoms with Crippen LogP contribution < -0.4 is 0 Å².